The van der Waals surface area contributed by atoms with Crippen molar-refractivity contribution >= 4 is 39.8 Å². The molecule has 7 nitrogen and oxygen atoms in total. The van der Waals surface area contributed by atoms with E-state index in [9.17, 15) is 4.79 Å². The number of aliphatic imine (C=N–C) groups is 1. The summed E-state index contributed by atoms with van der Waals surface area (Å²) in [6, 6.07) is 13.5. The number of aryl methyl sites for hydroxylation is 2. The third-order valence-corrected chi connectivity index (χ3v) is 5.86. The van der Waals surface area contributed by atoms with Gasteiger partial charge in [-0.25, -0.2) is 0 Å². The number of carbonyl (C=O) groups is 1. The highest BCUT2D eigenvalue weighted by Gasteiger charge is 2.36. The van der Waals surface area contributed by atoms with Crippen molar-refractivity contribution in [2.45, 2.75) is 13.8 Å². The van der Waals surface area contributed by atoms with Crippen LogP contribution in [0.1, 0.15) is 22.6 Å². The van der Waals surface area contributed by atoms with Gasteiger partial charge in [0.15, 0.2) is 16.6 Å². The van der Waals surface area contributed by atoms with Crippen LogP contribution in [0.2, 0.25) is 0 Å². The third kappa shape index (κ3) is 2.93. The average molecular weight is 415 g/mol. The van der Waals surface area contributed by atoms with Gasteiger partial charge in [0.2, 0.25) is 5.17 Å². The van der Waals surface area contributed by atoms with Gasteiger partial charge < -0.3 is 8.98 Å². The lowest BCUT2D eigenvalue weighted by molar-refractivity contribution is -0.114. The first kappa shape index (κ1) is 18.4. The first-order valence-electron chi connectivity index (χ1n) is 9.31. The summed E-state index contributed by atoms with van der Waals surface area (Å²) in [6.07, 6.45) is 5.20. The number of hydrazone groups is 1. The van der Waals surface area contributed by atoms with E-state index >= 15 is 0 Å². The van der Waals surface area contributed by atoms with Crippen LogP contribution < -0.4 is 0 Å². The molecule has 148 valence electrons. The Labute approximate surface area is 176 Å². The van der Waals surface area contributed by atoms with Crippen molar-refractivity contribution in [3.05, 3.63) is 83.1 Å². The van der Waals surface area contributed by atoms with Crippen LogP contribution in [0.3, 0.4) is 0 Å². The van der Waals surface area contributed by atoms with Crippen LogP contribution in [0, 0.1) is 19.3 Å². The first-order valence-corrected chi connectivity index (χ1v) is 10.1. The molecule has 0 saturated heterocycles. The Morgan fingerprint density at radius 2 is 1.90 bits per heavy atom. The van der Waals surface area contributed by atoms with Crippen LogP contribution in [0.15, 0.2) is 75.0 Å². The van der Waals surface area contributed by atoms with Gasteiger partial charge in [0.05, 0.1) is 17.5 Å². The van der Waals surface area contributed by atoms with E-state index in [1.165, 1.54) is 16.8 Å². The third-order valence-electron chi connectivity index (χ3n) is 4.94. The number of carbonyl (C=O) groups excluding carboxylic acids is 1. The van der Waals surface area contributed by atoms with E-state index in [0.29, 0.717) is 16.0 Å². The van der Waals surface area contributed by atoms with E-state index in [-0.39, 0.29) is 11.4 Å². The van der Waals surface area contributed by atoms with Crippen molar-refractivity contribution in [2.24, 2.45) is 10.1 Å². The zero-order chi connectivity index (χ0) is 20.8. The summed E-state index contributed by atoms with van der Waals surface area (Å²) < 4.78 is 7.40. The van der Waals surface area contributed by atoms with E-state index in [1.54, 1.807) is 24.5 Å². The number of nitrogens with one attached hydrogen (secondary N) is 1. The fourth-order valence-electron chi connectivity index (χ4n) is 3.54. The number of aromatic nitrogens is 1. The molecule has 0 spiro atoms. The van der Waals surface area contributed by atoms with Crippen LogP contribution >= 0.6 is 11.8 Å². The molecule has 5 rings (SSSR count). The van der Waals surface area contributed by atoms with Crippen molar-refractivity contribution in [3.63, 3.8) is 0 Å². The summed E-state index contributed by atoms with van der Waals surface area (Å²) in [4.78, 5) is 16.9. The number of amidine groups is 2. The van der Waals surface area contributed by atoms with Gasteiger partial charge in [-0.2, -0.15) is 15.1 Å². The molecule has 1 amide bonds. The molecule has 30 heavy (non-hydrogen) atoms. The molecule has 4 heterocycles. The predicted molar refractivity (Wildman–Crippen MR) is 118 cm³/mol. The molecule has 0 radical (unpaired) electrons. The Morgan fingerprint density at radius 1 is 1.10 bits per heavy atom. The van der Waals surface area contributed by atoms with Crippen molar-refractivity contribution in [1.29, 1.82) is 5.41 Å². The number of hydrogen-bond donors (Lipinski definition) is 1. The highest BCUT2D eigenvalue weighted by Crippen LogP contribution is 2.31. The Hall–Kier alpha value is -3.65. The minimum Gasteiger partial charge on any atom is -0.462 e. The lowest BCUT2D eigenvalue weighted by atomic mass is 10.1. The summed E-state index contributed by atoms with van der Waals surface area (Å²) in [5, 5.41) is 15.3. The van der Waals surface area contributed by atoms with E-state index in [2.05, 4.69) is 36.1 Å². The average Bonchev–Trinajstić information content (AvgIpc) is 3.46. The second-order valence-corrected chi connectivity index (χ2v) is 7.90. The van der Waals surface area contributed by atoms with Gasteiger partial charge in [-0.1, -0.05) is 18.2 Å². The monoisotopic (exact) mass is 415 g/mol. The zero-order valence-electron chi connectivity index (χ0n) is 16.3. The lowest BCUT2D eigenvalue weighted by Gasteiger charge is -2.20. The number of nitrogens with zero attached hydrogens (tertiary/aromatic N) is 4. The molecular weight excluding hydrogens is 398 g/mol. The summed E-state index contributed by atoms with van der Waals surface area (Å²) in [5.41, 5.74) is 4.29. The molecule has 3 aromatic rings. The number of benzene rings is 1. The van der Waals surface area contributed by atoms with Crippen molar-refractivity contribution in [2.75, 3.05) is 0 Å². The molecule has 2 aliphatic rings. The van der Waals surface area contributed by atoms with Gasteiger partial charge in [-0.05, 0) is 67.1 Å². The van der Waals surface area contributed by atoms with Gasteiger partial charge in [-0.3, -0.25) is 10.2 Å². The first-order chi connectivity index (χ1) is 14.5. The van der Waals surface area contributed by atoms with Crippen molar-refractivity contribution in [1.82, 2.24) is 9.58 Å². The maximum atomic E-state index is 12.7. The Kier molecular flexibility index (Phi) is 4.29. The predicted octanol–water partition coefficient (Wildman–Crippen LogP) is 4.35. The molecule has 2 aromatic heterocycles. The van der Waals surface area contributed by atoms with Gasteiger partial charge >= 0.3 is 0 Å². The topological polar surface area (TPSA) is 86.9 Å². The summed E-state index contributed by atoms with van der Waals surface area (Å²) in [6.45, 7) is 4.10. The quantitative estimate of drug-likeness (QED) is 0.644. The number of amides is 1. The fraction of sp³-hybridized carbons (Fsp3) is 0.0909. The normalized spacial score (nSPS) is 17.4. The highest BCUT2D eigenvalue weighted by atomic mass is 32.2. The Morgan fingerprint density at radius 3 is 2.63 bits per heavy atom. The SMILES string of the molecule is Cc1cccc(C)c1-n1cccc1/C=C1\C(=N)N2N=C(c3ccco3)SC2=NC1=O. The summed E-state index contributed by atoms with van der Waals surface area (Å²) in [5.74, 6) is 0.115. The number of thioether (sulfide) groups is 1. The minimum atomic E-state index is -0.455. The summed E-state index contributed by atoms with van der Waals surface area (Å²) in [7, 11) is 0. The molecule has 8 heteroatoms. The maximum absolute atomic E-state index is 12.7. The summed E-state index contributed by atoms with van der Waals surface area (Å²) >= 11 is 1.21. The second-order valence-electron chi connectivity index (χ2n) is 6.95. The molecular formula is C22H17N5O2S. The number of rotatable bonds is 3. The maximum Gasteiger partial charge on any atom is 0.283 e. The Bertz CT molecular complexity index is 1260. The van der Waals surface area contributed by atoms with Crippen LogP contribution in [0.5, 0.6) is 0 Å². The molecule has 0 saturated carbocycles. The standard InChI is InChI=1S/C22H17N5O2S/c1-13-6-3-7-14(2)18(13)26-10-4-8-15(26)12-16-19(23)27-22(24-20(16)28)30-21(25-27)17-9-5-11-29-17/h3-12,23H,1-2H3/b16-12+,23-19?. The van der Waals surface area contributed by atoms with Gasteiger partial charge in [0.1, 0.15) is 0 Å². The van der Waals surface area contributed by atoms with E-state index in [1.807, 2.05) is 29.0 Å². The van der Waals surface area contributed by atoms with Gasteiger partial charge in [0, 0.05) is 11.9 Å². The number of furan rings is 1. The number of para-hydroxylation sites is 1. The van der Waals surface area contributed by atoms with E-state index < -0.39 is 5.91 Å². The van der Waals surface area contributed by atoms with Crippen LogP contribution in [0.25, 0.3) is 11.8 Å². The van der Waals surface area contributed by atoms with Gasteiger partial charge in [-0.15, -0.1) is 0 Å². The highest BCUT2D eigenvalue weighted by molar-refractivity contribution is 8.27. The zero-order valence-corrected chi connectivity index (χ0v) is 17.1. The van der Waals surface area contributed by atoms with Crippen molar-refractivity contribution in [3.8, 4) is 5.69 Å². The number of fused-ring (bicyclic) bond motifs is 1. The molecule has 1 aromatic carbocycles. The van der Waals surface area contributed by atoms with Crippen LogP contribution in [-0.2, 0) is 4.79 Å². The molecule has 0 aliphatic carbocycles. The largest absolute Gasteiger partial charge is 0.462 e. The van der Waals surface area contributed by atoms with Crippen LogP contribution in [-0.4, -0.2) is 31.5 Å². The number of hydrogen-bond acceptors (Lipinski definition) is 5. The molecule has 1 N–H and O–H groups in total. The second kappa shape index (κ2) is 7.00. The molecule has 2 aliphatic heterocycles. The Balaban J connectivity index is 1.55. The van der Waals surface area contributed by atoms with Gasteiger partial charge in [0.25, 0.3) is 5.91 Å². The lowest BCUT2D eigenvalue weighted by Crippen LogP contribution is -2.35. The molecule has 0 atom stereocenters. The molecule has 0 bridgehead atoms. The fourth-order valence-corrected chi connectivity index (χ4v) is 4.40. The van der Waals surface area contributed by atoms with E-state index in [0.717, 1.165) is 22.5 Å². The van der Waals surface area contributed by atoms with E-state index in [4.69, 9.17) is 9.83 Å². The smallest absolute Gasteiger partial charge is 0.283 e. The molecule has 0 unspecified atom stereocenters. The van der Waals surface area contributed by atoms with Crippen LogP contribution in [0.4, 0.5) is 0 Å². The molecule has 0 fully saturated rings. The van der Waals surface area contributed by atoms with Crippen molar-refractivity contribution < 1.29 is 9.21 Å². The minimum absolute atomic E-state index is 0.00619.